The Morgan fingerprint density at radius 1 is 1.23 bits per heavy atom. The molecule has 1 aliphatic carbocycles. The standard InChI is InChI=1S/C23H22N4O3/c1-14-9-10-18-16(11-14)12-19(20(28)26(3)17-7-5-4-6-8-17)27(18)23(13-15(23)2)21-24-22(29)30-25-21/h4-12,15H,13H2,1-3H3,(H,24,25,29)/t15-,23-/m0/s1. The molecule has 0 spiro atoms. The molecular weight excluding hydrogens is 380 g/mol. The number of carbonyl (C=O) groups excluding carboxylic acids is 1. The molecule has 4 aromatic rings. The second kappa shape index (κ2) is 6.45. The summed E-state index contributed by atoms with van der Waals surface area (Å²) in [6, 6.07) is 17.6. The molecular formula is C23H22N4O3. The molecule has 1 saturated carbocycles. The molecule has 0 unspecified atom stereocenters. The molecule has 2 aromatic carbocycles. The Kier molecular flexibility index (Phi) is 3.96. The summed E-state index contributed by atoms with van der Waals surface area (Å²) in [6.07, 6.45) is 0.752. The van der Waals surface area contributed by atoms with Crippen LogP contribution in [0.2, 0.25) is 0 Å². The lowest BCUT2D eigenvalue weighted by atomic mass is 10.1. The number of H-pyrrole nitrogens is 1. The first-order chi connectivity index (χ1) is 14.4. The maximum atomic E-state index is 13.6. The quantitative estimate of drug-likeness (QED) is 0.564. The molecule has 1 fully saturated rings. The molecule has 0 radical (unpaired) electrons. The topological polar surface area (TPSA) is 84.1 Å². The summed E-state index contributed by atoms with van der Waals surface area (Å²) >= 11 is 0. The number of nitrogens with one attached hydrogen (secondary N) is 1. The van der Waals surface area contributed by atoms with Crippen LogP contribution in [0.5, 0.6) is 0 Å². The van der Waals surface area contributed by atoms with Gasteiger partial charge in [-0.1, -0.05) is 41.9 Å². The molecule has 7 nitrogen and oxygen atoms in total. The van der Waals surface area contributed by atoms with Crippen LogP contribution in [0, 0.1) is 12.8 Å². The number of nitrogens with zero attached hydrogens (tertiary/aromatic N) is 3. The van der Waals surface area contributed by atoms with E-state index in [-0.39, 0.29) is 11.8 Å². The van der Waals surface area contributed by atoms with E-state index in [0.717, 1.165) is 28.6 Å². The fraction of sp³-hybridized carbons (Fsp3) is 0.261. The molecule has 1 amide bonds. The van der Waals surface area contributed by atoms with Crippen LogP contribution < -0.4 is 10.7 Å². The largest absolute Gasteiger partial charge is 0.438 e. The highest BCUT2D eigenvalue weighted by molar-refractivity contribution is 6.08. The van der Waals surface area contributed by atoms with Crippen molar-refractivity contribution in [1.82, 2.24) is 14.7 Å². The minimum absolute atomic E-state index is 0.126. The molecule has 0 bridgehead atoms. The molecule has 2 atom stereocenters. The summed E-state index contributed by atoms with van der Waals surface area (Å²) in [5.41, 5.74) is 2.78. The van der Waals surface area contributed by atoms with Crippen LogP contribution >= 0.6 is 0 Å². The number of aromatic amines is 1. The third kappa shape index (κ3) is 2.62. The van der Waals surface area contributed by atoms with Crippen LogP contribution in [-0.4, -0.2) is 27.7 Å². The number of carbonyl (C=O) groups is 1. The van der Waals surface area contributed by atoms with Crippen LogP contribution in [0.3, 0.4) is 0 Å². The third-order valence-corrected chi connectivity index (χ3v) is 6.15. The summed E-state index contributed by atoms with van der Waals surface area (Å²) in [5.74, 6) is -0.0809. The Labute approximate surface area is 172 Å². The van der Waals surface area contributed by atoms with Gasteiger partial charge in [0.05, 0.1) is 0 Å². The first kappa shape index (κ1) is 18.4. The van der Waals surface area contributed by atoms with Gasteiger partial charge >= 0.3 is 5.76 Å². The van der Waals surface area contributed by atoms with Gasteiger partial charge < -0.3 is 9.47 Å². The summed E-state index contributed by atoms with van der Waals surface area (Å²) in [4.78, 5) is 29.7. The number of hydrogen-bond acceptors (Lipinski definition) is 4. The van der Waals surface area contributed by atoms with Crippen LogP contribution in [0.15, 0.2) is 63.9 Å². The average molecular weight is 402 g/mol. The van der Waals surface area contributed by atoms with Gasteiger partial charge in [-0.05, 0) is 49.6 Å². The normalized spacial score (nSPS) is 20.4. The Balaban J connectivity index is 1.73. The zero-order valence-electron chi connectivity index (χ0n) is 17.0. The average Bonchev–Trinajstić information content (AvgIpc) is 3.06. The zero-order chi connectivity index (χ0) is 21.0. The monoisotopic (exact) mass is 402 g/mol. The van der Waals surface area contributed by atoms with Crippen molar-refractivity contribution in [1.29, 1.82) is 0 Å². The SMILES string of the molecule is Cc1ccc2c(c1)cc(C(=O)N(C)c1ccccc1)n2[C@@]1(c2noc(=O)[nH]2)C[C@@H]1C. The van der Waals surface area contributed by atoms with E-state index in [9.17, 15) is 9.59 Å². The van der Waals surface area contributed by atoms with Crippen LogP contribution in [0.25, 0.3) is 10.9 Å². The first-order valence-corrected chi connectivity index (χ1v) is 9.94. The molecule has 1 aliphatic rings. The van der Waals surface area contributed by atoms with Crippen molar-refractivity contribution >= 4 is 22.5 Å². The van der Waals surface area contributed by atoms with Gasteiger partial charge in [0.25, 0.3) is 5.91 Å². The molecule has 0 aliphatic heterocycles. The number of para-hydroxylation sites is 1. The Morgan fingerprint density at radius 3 is 2.60 bits per heavy atom. The number of fused-ring (bicyclic) bond motifs is 1. The fourth-order valence-corrected chi connectivity index (χ4v) is 4.43. The fourth-order valence-electron chi connectivity index (χ4n) is 4.43. The highest BCUT2D eigenvalue weighted by atomic mass is 16.5. The van der Waals surface area contributed by atoms with Crippen molar-refractivity contribution in [3.63, 3.8) is 0 Å². The molecule has 0 saturated heterocycles. The number of amides is 1. The van der Waals surface area contributed by atoms with E-state index < -0.39 is 11.3 Å². The van der Waals surface area contributed by atoms with E-state index in [4.69, 9.17) is 4.52 Å². The van der Waals surface area contributed by atoms with Crippen molar-refractivity contribution in [2.24, 2.45) is 5.92 Å². The van der Waals surface area contributed by atoms with Gasteiger partial charge in [0.2, 0.25) is 0 Å². The Morgan fingerprint density at radius 2 is 1.97 bits per heavy atom. The highest BCUT2D eigenvalue weighted by Crippen LogP contribution is 2.55. The van der Waals surface area contributed by atoms with Gasteiger partial charge in [-0.2, -0.15) is 0 Å². The van der Waals surface area contributed by atoms with E-state index in [1.54, 1.807) is 11.9 Å². The molecule has 7 heteroatoms. The summed E-state index contributed by atoms with van der Waals surface area (Å²) in [6.45, 7) is 4.11. The van der Waals surface area contributed by atoms with Gasteiger partial charge in [0.15, 0.2) is 5.82 Å². The van der Waals surface area contributed by atoms with Crippen molar-refractivity contribution in [2.75, 3.05) is 11.9 Å². The number of aromatic nitrogens is 3. The molecule has 152 valence electrons. The lowest BCUT2D eigenvalue weighted by Crippen LogP contribution is -2.33. The van der Waals surface area contributed by atoms with E-state index in [1.165, 1.54) is 0 Å². The van der Waals surface area contributed by atoms with Crippen molar-refractivity contribution in [3.05, 3.63) is 82.2 Å². The van der Waals surface area contributed by atoms with Crippen molar-refractivity contribution in [3.8, 4) is 0 Å². The number of anilines is 1. The highest BCUT2D eigenvalue weighted by Gasteiger charge is 2.59. The predicted molar refractivity (Wildman–Crippen MR) is 114 cm³/mol. The maximum absolute atomic E-state index is 13.6. The molecule has 2 aromatic heterocycles. The minimum atomic E-state index is -0.619. The van der Waals surface area contributed by atoms with Crippen LogP contribution in [-0.2, 0) is 5.54 Å². The van der Waals surface area contributed by atoms with Crippen LogP contribution in [0.1, 0.15) is 35.2 Å². The third-order valence-electron chi connectivity index (χ3n) is 6.15. The Bertz CT molecular complexity index is 1320. The summed E-state index contributed by atoms with van der Waals surface area (Å²) in [7, 11) is 1.77. The van der Waals surface area contributed by atoms with Crippen molar-refractivity contribution in [2.45, 2.75) is 25.8 Å². The zero-order valence-corrected chi connectivity index (χ0v) is 17.0. The van der Waals surface area contributed by atoms with E-state index in [1.807, 2.05) is 60.0 Å². The van der Waals surface area contributed by atoms with Crippen molar-refractivity contribution < 1.29 is 9.32 Å². The van der Waals surface area contributed by atoms with Gasteiger partial charge in [0.1, 0.15) is 11.2 Å². The first-order valence-electron chi connectivity index (χ1n) is 9.94. The second-order valence-corrected chi connectivity index (χ2v) is 8.10. The smallest absolute Gasteiger partial charge is 0.323 e. The van der Waals surface area contributed by atoms with Crippen LogP contribution in [0.4, 0.5) is 5.69 Å². The number of aryl methyl sites for hydroxylation is 1. The second-order valence-electron chi connectivity index (χ2n) is 8.10. The lowest BCUT2D eigenvalue weighted by Gasteiger charge is -2.23. The molecule has 1 N–H and O–H groups in total. The van der Waals surface area contributed by atoms with E-state index >= 15 is 0 Å². The number of rotatable bonds is 4. The number of benzene rings is 2. The van der Waals surface area contributed by atoms with E-state index in [2.05, 4.69) is 23.1 Å². The molecule has 30 heavy (non-hydrogen) atoms. The minimum Gasteiger partial charge on any atom is -0.323 e. The van der Waals surface area contributed by atoms with E-state index in [0.29, 0.717) is 11.5 Å². The predicted octanol–water partition coefficient (Wildman–Crippen LogP) is 3.69. The lowest BCUT2D eigenvalue weighted by molar-refractivity contribution is 0.0982. The Hall–Kier alpha value is -3.61. The summed E-state index contributed by atoms with van der Waals surface area (Å²) in [5, 5.41) is 4.97. The molecule has 2 heterocycles. The van der Waals surface area contributed by atoms with Gasteiger partial charge in [0, 0.05) is 23.6 Å². The number of hydrogen-bond donors (Lipinski definition) is 1. The van der Waals surface area contributed by atoms with Gasteiger partial charge in [-0.15, -0.1) is 0 Å². The van der Waals surface area contributed by atoms with Gasteiger partial charge in [-0.3, -0.25) is 14.3 Å². The summed E-state index contributed by atoms with van der Waals surface area (Å²) < 4.78 is 6.85. The molecule has 5 rings (SSSR count). The maximum Gasteiger partial charge on any atom is 0.438 e. The van der Waals surface area contributed by atoms with Gasteiger partial charge in [-0.25, -0.2) is 4.79 Å².